The molecular formula is C17H23BrF2N2O3S2. The highest BCUT2D eigenvalue weighted by atomic mass is 79.9. The summed E-state index contributed by atoms with van der Waals surface area (Å²) < 4.78 is 67.1. The molecule has 0 saturated heterocycles. The van der Waals surface area contributed by atoms with Crippen LogP contribution in [0, 0.1) is 23.0 Å². The molecule has 5 nitrogen and oxygen atoms in total. The minimum Gasteiger partial charge on any atom is -0.598 e. The van der Waals surface area contributed by atoms with Crippen molar-refractivity contribution in [2.24, 2.45) is 0 Å². The smallest absolute Gasteiger partial charge is 0.171 e. The third-order valence-corrected chi connectivity index (χ3v) is 8.80. The molecule has 0 heterocycles. The largest absolute Gasteiger partial charge is 0.598 e. The second-order valence-corrected chi connectivity index (χ2v) is 13.4. The number of hydrogen-bond acceptors (Lipinski definition) is 5. The third kappa shape index (κ3) is 5.41. The first kappa shape index (κ1) is 24.3. The summed E-state index contributed by atoms with van der Waals surface area (Å²) in [6.07, 6.45) is 0. The number of nitrogens with zero attached hydrogens (tertiary/aromatic N) is 1. The van der Waals surface area contributed by atoms with Crippen LogP contribution in [0.15, 0.2) is 16.6 Å². The lowest BCUT2D eigenvalue weighted by molar-refractivity contribution is 0.414. The topological polar surface area (TPSA) is 93.0 Å². The van der Waals surface area contributed by atoms with Crippen molar-refractivity contribution in [2.45, 2.75) is 56.6 Å². The molecular weight excluding hydrogens is 462 g/mol. The lowest BCUT2D eigenvalue weighted by Crippen LogP contribution is -2.55. The van der Waals surface area contributed by atoms with Gasteiger partial charge in [0.2, 0.25) is 0 Å². The van der Waals surface area contributed by atoms with Crippen molar-refractivity contribution in [1.82, 2.24) is 4.72 Å². The zero-order valence-corrected chi connectivity index (χ0v) is 19.2. The number of halogens is 3. The van der Waals surface area contributed by atoms with Gasteiger partial charge in [-0.05, 0) is 53.7 Å². The molecule has 152 valence electrons. The fourth-order valence-corrected chi connectivity index (χ4v) is 5.01. The molecule has 1 aromatic rings. The first-order valence-electron chi connectivity index (χ1n) is 7.95. The molecule has 0 bridgehead atoms. The fraction of sp³-hybridized carbons (Fsp3) is 0.588. The Labute approximate surface area is 170 Å². The van der Waals surface area contributed by atoms with Crippen LogP contribution in [0.1, 0.15) is 47.1 Å². The van der Waals surface area contributed by atoms with Crippen LogP contribution in [0.4, 0.5) is 8.78 Å². The molecule has 0 amide bonds. The van der Waals surface area contributed by atoms with Gasteiger partial charge in [0.15, 0.2) is 26.2 Å². The minimum absolute atomic E-state index is 0.197. The zero-order valence-electron chi connectivity index (χ0n) is 16.0. The summed E-state index contributed by atoms with van der Waals surface area (Å²) in [5, 5.41) is 9.20. The number of nitrogens with one attached hydrogen (secondary N) is 1. The first-order valence-corrected chi connectivity index (χ1v) is 11.5. The third-order valence-electron chi connectivity index (χ3n) is 3.99. The van der Waals surface area contributed by atoms with Gasteiger partial charge in [-0.1, -0.05) is 15.9 Å². The Bertz CT molecular complexity index is 864. The van der Waals surface area contributed by atoms with Crippen molar-refractivity contribution >= 4 is 37.1 Å². The van der Waals surface area contributed by atoms with Gasteiger partial charge < -0.3 is 4.55 Å². The van der Waals surface area contributed by atoms with E-state index in [9.17, 15) is 27.0 Å². The van der Waals surface area contributed by atoms with Gasteiger partial charge in [0.1, 0.15) is 10.3 Å². The van der Waals surface area contributed by atoms with E-state index in [1.807, 2.05) is 0 Å². The Kier molecular flexibility index (Phi) is 7.16. The molecule has 2 atom stereocenters. The molecule has 0 saturated carbocycles. The van der Waals surface area contributed by atoms with E-state index in [-0.39, 0.29) is 10.0 Å². The van der Waals surface area contributed by atoms with E-state index in [1.54, 1.807) is 26.8 Å². The normalized spacial score (nSPS) is 16.5. The van der Waals surface area contributed by atoms with Crippen LogP contribution in [0.25, 0.3) is 0 Å². The predicted octanol–water partition coefficient (Wildman–Crippen LogP) is 3.71. The monoisotopic (exact) mass is 484 g/mol. The molecule has 2 unspecified atom stereocenters. The molecule has 0 aliphatic rings. The Morgan fingerprint density at radius 1 is 1.22 bits per heavy atom. The van der Waals surface area contributed by atoms with E-state index in [4.69, 9.17) is 0 Å². The van der Waals surface area contributed by atoms with Crippen molar-refractivity contribution in [1.29, 1.82) is 5.26 Å². The Morgan fingerprint density at radius 2 is 1.74 bits per heavy atom. The number of benzene rings is 1. The highest BCUT2D eigenvalue weighted by molar-refractivity contribution is 9.10. The van der Waals surface area contributed by atoms with E-state index >= 15 is 0 Å². The SMILES string of the molecule is CC(CS(=O)(=O)C(C)(C)C#N)(N[S+]([O-])C(C)(C)C)c1cc(Br)cc(F)c1F. The van der Waals surface area contributed by atoms with E-state index in [0.29, 0.717) is 0 Å². The minimum atomic E-state index is -4.11. The fourth-order valence-electron chi connectivity index (χ4n) is 2.11. The molecule has 27 heavy (non-hydrogen) atoms. The van der Waals surface area contributed by atoms with E-state index in [1.165, 1.54) is 26.8 Å². The Morgan fingerprint density at radius 3 is 2.19 bits per heavy atom. The van der Waals surface area contributed by atoms with Crippen LogP contribution in [0.3, 0.4) is 0 Å². The van der Waals surface area contributed by atoms with Gasteiger partial charge in [0, 0.05) is 21.4 Å². The first-order chi connectivity index (χ1) is 12.0. The highest BCUT2D eigenvalue weighted by Crippen LogP contribution is 2.34. The zero-order chi connectivity index (χ0) is 21.4. The molecule has 1 N–H and O–H groups in total. The lowest BCUT2D eigenvalue weighted by Gasteiger charge is -2.36. The lowest BCUT2D eigenvalue weighted by atomic mass is 9.94. The number of sulfone groups is 1. The summed E-state index contributed by atoms with van der Waals surface area (Å²) in [4.78, 5) is 0. The molecule has 0 aliphatic carbocycles. The predicted molar refractivity (Wildman–Crippen MR) is 106 cm³/mol. The van der Waals surface area contributed by atoms with E-state index in [2.05, 4.69) is 20.7 Å². The van der Waals surface area contributed by atoms with Crippen LogP contribution in [-0.2, 0) is 26.7 Å². The van der Waals surface area contributed by atoms with Gasteiger partial charge in [0.25, 0.3) is 0 Å². The summed E-state index contributed by atoms with van der Waals surface area (Å²) in [5.41, 5.74) is -2.05. The maximum absolute atomic E-state index is 14.6. The molecule has 1 rings (SSSR count). The second-order valence-electron chi connectivity index (χ2n) is 7.95. The maximum atomic E-state index is 14.6. The average molecular weight is 485 g/mol. The summed E-state index contributed by atoms with van der Waals surface area (Å²) in [5.74, 6) is -3.18. The quantitative estimate of drug-likeness (QED) is 0.490. The average Bonchev–Trinajstić information content (AvgIpc) is 2.48. The van der Waals surface area contributed by atoms with Crippen molar-refractivity contribution in [3.8, 4) is 6.07 Å². The van der Waals surface area contributed by atoms with Gasteiger partial charge in [-0.25, -0.2) is 17.2 Å². The standard InChI is InChI=1S/C17H23BrF2N2O3S2/c1-15(2,3)26(23)22-17(6,10-27(24,25)16(4,5)9-21)12-7-11(18)8-13(19)14(12)20/h7-8,22H,10H2,1-6H3. The van der Waals surface area contributed by atoms with Crippen molar-refractivity contribution in [3.05, 3.63) is 33.8 Å². The van der Waals surface area contributed by atoms with Gasteiger partial charge in [-0.15, -0.1) is 4.72 Å². The molecule has 1 aromatic carbocycles. The van der Waals surface area contributed by atoms with E-state index in [0.717, 1.165) is 6.07 Å². The van der Waals surface area contributed by atoms with Gasteiger partial charge in [0.05, 0.1) is 11.8 Å². The number of nitriles is 1. The molecule has 0 aromatic heterocycles. The van der Waals surface area contributed by atoms with Gasteiger partial charge in [-0.2, -0.15) is 5.26 Å². The van der Waals surface area contributed by atoms with Gasteiger partial charge in [-0.3, -0.25) is 0 Å². The maximum Gasteiger partial charge on any atom is 0.171 e. The highest BCUT2D eigenvalue weighted by Gasteiger charge is 2.47. The van der Waals surface area contributed by atoms with Crippen LogP contribution in [-0.4, -0.2) is 28.2 Å². The van der Waals surface area contributed by atoms with E-state index < -0.39 is 53.6 Å². The van der Waals surface area contributed by atoms with Crippen LogP contribution >= 0.6 is 15.9 Å². The summed E-state index contributed by atoms with van der Waals surface area (Å²) >= 11 is 1.27. The van der Waals surface area contributed by atoms with Crippen LogP contribution in [0.2, 0.25) is 0 Å². The number of rotatable bonds is 6. The molecule has 0 spiro atoms. The van der Waals surface area contributed by atoms with Crippen molar-refractivity contribution in [2.75, 3.05) is 5.75 Å². The Hall–Kier alpha value is -0.730. The van der Waals surface area contributed by atoms with Gasteiger partial charge >= 0.3 is 0 Å². The summed E-state index contributed by atoms with van der Waals surface area (Å²) in [7, 11) is -4.11. The second kappa shape index (κ2) is 7.95. The summed E-state index contributed by atoms with van der Waals surface area (Å²) in [6.45, 7) is 8.74. The molecule has 0 aliphatic heterocycles. The molecule has 0 radical (unpaired) electrons. The Balaban J connectivity index is 3.63. The van der Waals surface area contributed by atoms with Crippen molar-refractivity contribution in [3.63, 3.8) is 0 Å². The van der Waals surface area contributed by atoms with Crippen molar-refractivity contribution < 1.29 is 21.8 Å². The molecule has 0 fully saturated rings. The number of hydrogen-bond donors (Lipinski definition) is 1. The summed E-state index contributed by atoms with van der Waals surface area (Å²) in [6, 6.07) is 3.85. The molecule has 10 heteroatoms. The van der Waals surface area contributed by atoms with Crippen LogP contribution in [0.5, 0.6) is 0 Å². The van der Waals surface area contributed by atoms with Crippen LogP contribution < -0.4 is 4.72 Å².